The van der Waals surface area contributed by atoms with Gasteiger partial charge in [-0.2, -0.15) is 0 Å². The Morgan fingerprint density at radius 1 is 1.17 bits per heavy atom. The maximum absolute atomic E-state index is 12.4. The zero-order valence-corrected chi connectivity index (χ0v) is 15.4. The molecule has 0 radical (unpaired) electrons. The molecule has 0 spiro atoms. The van der Waals surface area contributed by atoms with E-state index in [-0.39, 0.29) is 11.8 Å². The number of amides is 2. The number of aryl methyl sites for hydroxylation is 2. The molecule has 0 aliphatic heterocycles. The number of rotatable bonds is 4. The van der Waals surface area contributed by atoms with Crippen molar-refractivity contribution in [1.29, 1.82) is 0 Å². The number of anilines is 2. The van der Waals surface area contributed by atoms with Crippen molar-refractivity contribution in [3.05, 3.63) is 21.5 Å². The van der Waals surface area contributed by atoms with E-state index in [0.717, 1.165) is 17.0 Å². The van der Waals surface area contributed by atoms with E-state index >= 15 is 0 Å². The van der Waals surface area contributed by atoms with Gasteiger partial charge in [-0.1, -0.05) is 39.0 Å². The molecule has 2 heterocycles. The highest BCUT2D eigenvalue weighted by Crippen LogP contribution is 2.29. The van der Waals surface area contributed by atoms with Gasteiger partial charge in [0.2, 0.25) is 11.0 Å². The number of hydrogen-bond donors (Lipinski definition) is 2. The standard InChI is InChI=1S/C15H20N4O2S2/c1-6-9-18-19-14(23-9)17-12(20)11-8(2)7-10(22-11)16-13(21)15(3,4)5/h7H,6H2,1-5H3,(H,16,21)(H,17,19,20). The van der Waals surface area contributed by atoms with Gasteiger partial charge in [0.25, 0.3) is 5.91 Å². The highest BCUT2D eigenvalue weighted by Gasteiger charge is 2.23. The molecular formula is C15H20N4O2S2. The van der Waals surface area contributed by atoms with Gasteiger partial charge in [0.05, 0.1) is 9.88 Å². The van der Waals surface area contributed by atoms with E-state index in [0.29, 0.717) is 15.0 Å². The summed E-state index contributed by atoms with van der Waals surface area (Å²) in [5.74, 6) is -0.315. The summed E-state index contributed by atoms with van der Waals surface area (Å²) in [5.41, 5.74) is 0.334. The van der Waals surface area contributed by atoms with Gasteiger partial charge >= 0.3 is 0 Å². The highest BCUT2D eigenvalue weighted by atomic mass is 32.1. The molecule has 0 unspecified atom stereocenters. The lowest BCUT2D eigenvalue weighted by molar-refractivity contribution is -0.123. The highest BCUT2D eigenvalue weighted by molar-refractivity contribution is 7.18. The van der Waals surface area contributed by atoms with E-state index in [1.807, 2.05) is 34.6 Å². The predicted octanol–water partition coefficient (Wildman–Crippen LogP) is 3.71. The minimum Gasteiger partial charge on any atom is -0.317 e. The first-order valence-electron chi connectivity index (χ1n) is 7.26. The zero-order valence-electron chi connectivity index (χ0n) is 13.8. The molecule has 0 aliphatic rings. The molecule has 8 heteroatoms. The van der Waals surface area contributed by atoms with Crippen LogP contribution in [0.2, 0.25) is 0 Å². The molecular weight excluding hydrogens is 332 g/mol. The van der Waals surface area contributed by atoms with Crippen molar-refractivity contribution < 1.29 is 9.59 Å². The van der Waals surface area contributed by atoms with Crippen LogP contribution in [0, 0.1) is 12.3 Å². The van der Waals surface area contributed by atoms with E-state index in [2.05, 4.69) is 20.8 Å². The summed E-state index contributed by atoms with van der Waals surface area (Å²) in [4.78, 5) is 24.9. The maximum atomic E-state index is 12.4. The van der Waals surface area contributed by atoms with Crippen molar-refractivity contribution >= 4 is 44.6 Å². The average Bonchev–Trinajstić information content (AvgIpc) is 3.04. The normalized spacial score (nSPS) is 11.3. The van der Waals surface area contributed by atoms with Crippen LogP contribution in [0.1, 0.15) is 47.9 Å². The van der Waals surface area contributed by atoms with Crippen LogP contribution in [0.15, 0.2) is 6.07 Å². The van der Waals surface area contributed by atoms with E-state index in [9.17, 15) is 9.59 Å². The second-order valence-electron chi connectivity index (χ2n) is 6.14. The van der Waals surface area contributed by atoms with Gasteiger partial charge in [-0.15, -0.1) is 21.5 Å². The fourth-order valence-electron chi connectivity index (χ4n) is 1.67. The van der Waals surface area contributed by atoms with Crippen molar-refractivity contribution in [2.24, 2.45) is 5.41 Å². The van der Waals surface area contributed by atoms with Crippen LogP contribution in [0.4, 0.5) is 10.1 Å². The number of carbonyl (C=O) groups excluding carboxylic acids is 2. The van der Waals surface area contributed by atoms with Crippen LogP contribution in [-0.4, -0.2) is 22.0 Å². The van der Waals surface area contributed by atoms with Crippen molar-refractivity contribution in [2.45, 2.75) is 41.0 Å². The van der Waals surface area contributed by atoms with Crippen molar-refractivity contribution in [2.75, 3.05) is 10.6 Å². The summed E-state index contributed by atoms with van der Waals surface area (Å²) < 4.78 is 0. The van der Waals surface area contributed by atoms with E-state index in [4.69, 9.17) is 0 Å². The lowest BCUT2D eigenvalue weighted by atomic mass is 9.96. The molecule has 2 rings (SSSR count). The quantitative estimate of drug-likeness (QED) is 0.878. The molecule has 2 aromatic rings. The predicted molar refractivity (Wildman–Crippen MR) is 94.4 cm³/mol. The minimum atomic E-state index is -0.483. The number of thiophene rings is 1. The molecule has 6 nitrogen and oxygen atoms in total. The van der Waals surface area contributed by atoms with Gasteiger partial charge in [-0.3, -0.25) is 14.9 Å². The number of aromatic nitrogens is 2. The van der Waals surface area contributed by atoms with E-state index in [1.165, 1.54) is 22.7 Å². The van der Waals surface area contributed by atoms with Gasteiger partial charge in [-0.05, 0) is 25.0 Å². The smallest absolute Gasteiger partial charge is 0.267 e. The zero-order chi connectivity index (χ0) is 17.2. The fourth-order valence-corrected chi connectivity index (χ4v) is 3.31. The Morgan fingerprint density at radius 3 is 2.43 bits per heavy atom. The van der Waals surface area contributed by atoms with Gasteiger partial charge in [0.1, 0.15) is 5.01 Å². The molecule has 0 atom stereocenters. The Bertz CT molecular complexity index is 728. The minimum absolute atomic E-state index is 0.0811. The first-order valence-corrected chi connectivity index (χ1v) is 8.89. The maximum Gasteiger partial charge on any atom is 0.267 e. The molecule has 0 saturated carbocycles. The topological polar surface area (TPSA) is 84.0 Å². The molecule has 23 heavy (non-hydrogen) atoms. The Hall–Kier alpha value is -1.80. The SMILES string of the molecule is CCc1nnc(NC(=O)c2sc(NC(=O)C(C)(C)C)cc2C)s1. The van der Waals surface area contributed by atoms with Crippen molar-refractivity contribution in [3.63, 3.8) is 0 Å². The second kappa shape index (κ2) is 6.76. The van der Waals surface area contributed by atoms with Crippen LogP contribution < -0.4 is 10.6 Å². The molecule has 2 N–H and O–H groups in total. The monoisotopic (exact) mass is 352 g/mol. The molecule has 0 bridgehead atoms. The summed E-state index contributed by atoms with van der Waals surface area (Å²) >= 11 is 2.62. The second-order valence-corrected chi connectivity index (χ2v) is 8.25. The molecule has 0 saturated heterocycles. The third-order valence-electron chi connectivity index (χ3n) is 3.03. The lowest BCUT2D eigenvalue weighted by Gasteiger charge is -2.16. The van der Waals surface area contributed by atoms with Gasteiger partial charge < -0.3 is 5.32 Å². The third-order valence-corrected chi connectivity index (χ3v) is 5.17. The summed E-state index contributed by atoms with van der Waals surface area (Å²) in [6.45, 7) is 9.36. The lowest BCUT2D eigenvalue weighted by Crippen LogP contribution is -2.27. The Labute approximate surface area is 143 Å². The number of hydrogen-bond acceptors (Lipinski definition) is 6. The molecule has 0 fully saturated rings. The summed E-state index contributed by atoms with van der Waals surface area (Å²) in [6.07, 6.45) is 0.786. The fraction of sp³-hybridized carbons (Fsp3) is 0.467. The van der Waals surface area contributed by atoms with Gasteiger partial charge in [-0.25, -0.2) is 0 Å². The van der Waals surface area contributed by atoms with Crippen LogP contribution in [0.25, 0.3) is 0 Å². The number of nitrogens with zero attached hydrogens (tertiary/aromatic N) is 2. The third kappa shape index (κ3) is 4.35. The van der Waals surface area contributed by atoms with Gasteiger partial charge in [0, 0.05) is 5.41 Å². The first kappa shape index (κ1) is 17.6. The summed E-state index contributed by atoms with van der Waals surface area (Å²) in [7, 11) is 0. The molecule has 2 amide bonds. The molecule has 0 aliphatic carbocycles. The van der Waals surface area contributed by atoms with Crippen LogP contribution >= 0.6 is 22.7 Å². The van der Waals surface area contributed by atoms with Crippen LogP contribution in [-0.2, 0) is 11.2 Å². The number of nitrogens with one attached hydrogen (secondary N) is 2. The summed E-state index contributed by atoms with van der Waals surface area (Å²) in [6, 6.07) is 1.81. The van der Waals surface area contributed by atoms with Crippen molar-refractivity contribution in [3.8, 4) is 0 Å². The summed E-state index contributed by atoms with van der Waals surface area (Å²) in [5, 5.41) is 15.5. The largest absolute Gasteiger partial charge is 0.317 e. The Morgan fingerprint density at radius 2 is 1.87 bits per heavy atom. The first-order chi connectivity index (χ1) is 10.7. The van der Waals surface area contributed by atoms with Crippen LogP contribution in [0.3, 0.4) is 0 Å². The Kier molecular flexibility index (Phi) is 5.16. The van der Waals surface area contributed by atoms with Crippen LogP contribution in [0.5, 0.6) is 0 Å². The average molecular weight is 352 g/mol. The number of carbonyl (C=O) groups is 2. The van der Waals surface area contributed by atoms with Crippen molar-refractivity contribution in [1.82, 2.24) is 10.2 Å². The van der Waals surface area contributed by atoms with E-state index < -0.39 is 5.41 Å². The molecule has 124 valence electrons. The van der Waals surface area contributed by atoms with Gasteiger partial charge in [0.15, 0.2) is 0 Å². The van der Waals surface area contributed by atoms with E-state index in [1.54, 1.807) is 6.07 Å². The molecule has 2 aromatic heterocycles. The molecule has 0 aromatic carbocycles. The Balaban J connectivity index is 2.11.